The maximum Gasteiger partial charge on any atom is 0.261 e. The zero-order valence-electron chi connectivity index (χ0n) is 16.0. The lowest BCUT2D eigenvalue weighted by Gasteiger charge is -2.17. The minimum atomic E-state index is -0.635. The largest absolute Gasteiger partial charge is 0.347 e. The van der Waals surface area contributed by atoms with Crippen molar-refractivity contribution in [2.24, 2.45) is 5.73 Å². The highest BCUT2D eigenvalue weighted by molar-refractivity contribution is 7.14. The number of nitrogens with zero attached hydrogens (tertiary/aromatic N) is 2. The number of hydrogen-bond donors (Lipinski definition) is 2. The molecule has 1 amide bonds. The molecule has 0 saturated carbocycles. The molecule has 8 heteroatoms. The number of rotatable bonds is 5. The Balaban J connectivity index is 1.54. The predicted molar refractivity (Wildman–Crippen MR) is 109 cm³/mol. The highest BCUT2D eigenvalue weighted by Gasteiger charge is 2.23. The number of aryl methyl sites for hydroxylation is 3. The summed E-state index contributed by atoms with van der Waals surface area (Å²) in [6.45, 7) is 3.04. The lowest BCUT2D eigenvalue weighted by molar-refractivity contribution is 0.0942. The molecular weight excluding hydrogens is 394 g/mol. The number of benzene rings is 1. The fourth-order valence-electron chi connectivity index (χ4n) is 3.72. The Morgan fingerprint density at radius 1 is 1.38 bits per heavy atom. The first kappa shape index (κ1) is 19.7. The van der Waals surface area contributed by atoms with Crippen molar-refractivity contribution >= 4 is 17.2 Å². The van der Waals surface area contributed by atoms with Crippen molar-refractivity contribution in [3.05, 3.63) is 63.0 Å². The maximum atomic E-state index is 13.9. The van der Waals surface area contributed by atoms with Crippen molar-refractivity contribution in [1.82, 2.24) is 15.1 Å². The van der Waals surface area contributed by atoms with Gasteiger partial charge in [-0.3, -0.25) is 9.48 Å². The van der Waals surface area contributed by atoms with Crippen LogP contribution in [0.4, 0.5) is 8.78 Å². The van der Waals surface area contributed by atoms with Gasteiger partial charge in [-0.1, -0.05) is 6.07 Å². The molecule has 1 aromatic carbocycles. The van der Waals surface area contributed by atoms with E-state index in [0.717, 1.165) is 42.3 Å². The summed E-state index contributed by atoms with van der Waals surface area (Å²) in [6, 6.07) is 4.89. The Labute approximate surface area is 171 Å². The Morgan fingerprint density at radius 3 is 2.97 bits per heavy atom. The first-order valence-electron chi connectivity index (χ1n) is 9.56. The highest BCUT2D eigenvalue weighted by Crippen LogP contribution is 2.36. The number of thiophene rings is 1. The smallest absolute Gasteiger partial charge is 0.261 e. The summed E-state index contributed by atoms with van der Waals surface area (Å²) < 4.78 is 29.1. The molecule has 152 valence electrons. The van der Waals surface area contributed by atoms with E-state index in [1.165, 1.54) is 28.3 Å². The normalized spacial score (nSPS) is 14.1. The summed E-state index contributed by atoms with van der Waals surface area (Å²) >= 11 is 1.48. The van der Waals surface area contributed by atoms with Crippen molar-refractivity contribution in [3.63, 3.8) is 0 Å². The third kappa shape index (κ3) is 3.95. The Kier molecular flexibility index (Phi) is 5.47. The monoisotopic (exact) mass is 416 g/mol. The minimum absolute atomic E-state index is 0.152. The average molecular weight is 416 g/mol. The van der Waals surface area contributed by atoms with Crippen LogP contribution in [0.1, 0.15) is 32.1 Å². The molecule has 0 bridgehead atoms. The van der Waals surface area contributed by atoms with E-state index >= 15 is 0 Å². The standard InChI is InChI=1S/C21H22F2N4OS/c1-12-11-25-27-6-2-3-18-16(20(12)27)9-19(29-18)21(28)26-15(10-24)7-13-4-5-14(22)8-17(13)23/h4-5,8-9,11,15H,2-3,6-7,10,24H2,1H3,(H,26,28). The van der Waals surface area contributed by atoms with Crippen LogP contribution >= 0.6 is 11.3 Å². The van der Waals surface area contributed by atoms with Crippen LogP contribution in [-0.2, 0) is 19.4 Å². The number of fused-ring (bicyclic) bond motifs is 3. The summed E-state index contributed by atoms with van der Waals surface area (Å²) in [5.41, 5.74) is 9.33. The summed E-state index contributed by atoms with van der Waals surface area (Å²) in [7, 11) is 0. The molecule has 0 fully saturated rings. The summed E-state index contributed by atoms with van der Waals surface area (Å²) in [6.07, 6.45) is 3.92. The number of nitrogens with one attached hydrogen (secondary N) is 1. The number of hydrogen-bond acceptors (Lipinski definition) is 4. The molecule has 29 heavy (non-hydrogen) atoms. The molecule has 3 heterocycles. The molecular formula is C21H22F2N4OS. The second-order valence-electron chi connectivity index (χ2n) is 7.30. The number of halogens is 2. The molecule has 1 unspecified atom stereocenters. The van der Waals surface area contributed by atoms with E-state index in [2.05, 4.69) is 10.4 Å². The SMILES string of the molecule is Cc1cnn2c1-c1cc(C(=O)NC(CN)Cc3ccc(F)cc3F)sc1CCC2. The van der Waals surface area contributed by atoms with Gasteiger partial charge in [-0.15, -0.1) is 11.3 Å². The number of nitrogens with two attached hydrogens (primary N) is 1. The Bertz CT molecular complexity index is 1060. The van der Waals surface area contributed by atoms with Gasteiger partial charge in [0.2, 0.25) is 0 Å². The van der Waals surface area contributed by atoms with Crippen LogP contribution in [0.2, 0.25) is 0 Å². The average Bonchev–Trinajstić information content (AvgIpc) is 3.22. The Hall–Kier alpha value is -2.58. The number of aromatic nitrogens is 2. The zero-order valence-corrected chi connectivity index (χ0v) is 16.9. The molecule has 1 aliphatic rings. The Morgan fingerprint density at radius 2 is 2.21 bits per heavy atom. The predicted octanol–water partition coefficient (Wildman–Crippen LogP) is 3.44. The number of carbonyl (C=O) groups excluding carboxylic acids is 1. The van der Waals surface area contributed by atoms with Gasteiger partial charge in [0, 0.05) is 35.6 Å². The lowest BCUT2D eigenvalue weighted by atomic mass is 10.0. The molecule has 1 atom stereocenters. The molecule has 0 saturated heterocycles. The molecule has 0 spiro atoms. The van der Waals surface area contributed by atoms with Crippen molar-refractivity contribution in [3.8, 4) is 11.3 Å². The fourth-order valence-corrected chi connectivity index (χ4v) is 4.82. The summed E-state index contributed by atoms with van der Waals surface area (Å²) in [4.78, 5) is 14.6. The topological polar surface area (TPSA) is 72.9 Å². The number of amides is 1. The quantitative estimate of drug-likeness (QED) is 0.669. The van der Waals surface area contributed by atoms with E-state index in [1.807, 2.05) is 23.9 Å². The summed E-state index contributed by atoms with van der Waals surface area (Å²) in [5, 5.41) is 7.33. The van der Waals surface area contributed by atoms with E-state index < -0.39 is 17.7 Å². The van der Waals surface area contributed by atoms with Gasteiger partial charge in [0.15, 0.2) is 0 Å². The second-order valence-corrected chi connectivity index (χ2v) is 8.43. The van der Waals surface area contributed by atoms with E-state index in [-0.39, 0.29) is 18.9 Å². The van der Waals surface area contributed by atoms with Crippen molar-refractivity contribution in [2.75, 3.05) is 6.54 Å². The van der Waals surface area contributed by atoms with Gasteiger partial charge in [0.25, 0.3) is 5.91 Å². The van der Waals surface area contributed by atoms with Gasteiger partial charge in [-0.05, 0) is 49.4 Å². The highest BCUT2D eigenvalue weighted by atomic mass is 32.1. The van der Waals surface area contributed by atoms with Gasteiger partial charge in [0.1, 0.15) is 11.6 Å². The van der Waals surface area contributed by atoms with E-state index in [0.29, 0.717) is 10.4 Å². The van der Waals surface area contributed by atoms with Crippen LogP contribution in [-0.4, -0.2) is 28.3 Å². The molecule has 0 radical (unpaired) electrons. The first-order chi connectivity index (χ1) is 14.0. The zero-order chi connectivity index (χ0) is 20.5. The van der Waals surface area contributed by atoms with Crippen LogP contribution in [0.3, 0.4) is 0 Å². The van der Waals surface area contributed by atoms with Crippen LogP contribution in [0, 0.1) is 18.6 Å². The third-order valence-electron chi connectivity index (χ3n) is 5.19. The van der Waals surface area contributed by atoms with Crippen molar-refractivity contribution in [2.45, 2.75) is 38.8 Å². The molecule has 3 N–H and O–H groups in total. The molecule has 4 rings (SSSR count). The van der Waals surface area contributed by atoms with Gasteiger partial charge in [-0.25, -0.2) is 8.78 Å². The number of carbonyl (C=O) groups is 1. The first-order valence-corrected chi connectivity index (χ1v) is 10.4. The molecule has 1 aliphatic heterocycles. The fraction of sp³-hybridized carbons (Fsp3) is 0.333. The molecule has 3 aromatic rings. The van der Waals surface area contributed by atoms with Crippen LogP contribution in [0.15, 0.2) is 30.5 Å². The van der Waals surface area contributed by atoms with Gasteiger partial charge >= 0.3 is 0 Å². The van der Waals surface area contributed by atoms with Gasteiger partial charge in [0.05, 0.1) is 16.8 Å². The van der Waals surface area contributed by atoms with Crippen molar-refractivity contribution < 1.29 is 13.6 Å². The minimum Gasteiger partial charge on any atom is -0.347 e. The van der Waals surface area contributed by atoms with Gasteiger partial charge in [-0.2, -0.15) is 5.10 Å². The molecule has 5 nitrogen and oxygen atoms in total. The second kappa shape index (κ2) is 8.04. The maximum absolute atomic E-state index is 13.9. The van der Waals surface area contributed by atoms with Crippen LogP contribution < -0.4 is 11.1 Å². The van der Waals surface area contributed by atoms with Crippen molar-refractivity contribution in [1.29, 1.82) is 0 Å². The summed E-state index contributed by atoms with van der Waals surface area (Å²) in [5.74, 6) is -1.50. The molecule has 0 aliphatic carbocycles. The van der Waals surface area contributed by atoms with E-state index in [1.54, 1.807) is 0 Å². The van der Waals surface area contributed by atoms with E-state index in [4.69, 9.17) is 5.73 Å². The lowest BCUT2D eigenvalue weighted by Crippen LogP contribution is -2.41. The van der Waals surface area contributed by atoms with Gasteiger partial charge < -0.3 is 11.1 Å². The molecule has 2 aromatic heterocycles. The van der Waals surface area contributed by atoms with Crippen LogP contribution in [0.25, 0.3) is 11.3 Å². The van der Waals surface area contributed by atoms with E-state index in [9.17, 15) is 13.6 Å². The third-order valence-corrected chi connectivity index (χ3v) is 6.38. The van der Waals surface area contributed by atoms with Crippen LogP contribution in [0.5, 0.6) is 0 Å².